The fraction of sp³-hybridized carbons (Fsp3) is 0.333. The number of para-hydroxylation sites is 1. The minimum Gasteiger partial charge on any atom is -0.454 e. The second kappa shape index (κ2) is 7.98. The predicted molar refractivity (Wildman–Crippen MR) is 114 cm³/mol. The Morgan fingerprint density at radius 3 is 2.42 bits per heavy atom. The third-order valence-corrected chi connectivity index (χ3v) is 6.04. The molecular formula is C24H24N2O5. The average Bonchev–Trinajstić information content (AvgIpc) is 3.15. The maximum absolute atomic E-state index is 13.3. The average molecular weight is 420 g/mol. The van der Waals surface area contributed by atoms with Crippen LogP contribution in [-0.4, -0.2) is 47.3 Å². The zero-order chi connectivity index (χ0) is 22.2. The molecular weight excluding hydrogens is 396 g/mol. The molecule has 2 aliphatic rings. The van der Waals surface area contributed by atoms with Gasteiger partial charge in [-0.2, -0.15) is 0 Å². The number of nitrogens with zero attached hydrogens (tertiary/aromatic N) is 2. The van der Waals surface area contributed by atoms with Crippen LogP contribution in [0.3, 0.4) is 0 Å². The van der Waals surface area contributed by atoms with Gasteiger partial charge in [-0.3, -0.25) is 19.3 Å². The van der Waals surface area contributed by atoms with Gasteiger partial charge in [-0.15, -0.1) is 0 Å². The van der Waals surface area contributed by atoms with E-state index in [4.69, 9.17) is 4.74 Å². The third kappa shape index (κ3) is 3.21. The van der Waals surface area contributed by atoms with E-state index < -0.39 is 18.2 Å². The number of esters is 1. The Balaban J connectivity index is 1.63. The number of rotatable bonds is 6. The number of benzene rings is 2. The van der Waals surface area contributed by atoms with Gasteiger partial charge in [-0.1, -0.05) is 43.3 Å². The van der Waals surface area contributed by atoms with Gasteiger partial charge in [0.15, 0.2) is 12.4 Å². The Bertz CT molecular complexity index is 1060. The van der Waals surface area contributed by atoms with Gasteiger partial charge < -0.3 is 9.64 Å². The smallest absolute Gasteiger partial charge is 0.354 e. The summed E-state index contributed by atoms with van der Waals surface area (Å²) in [5.74, 6) is -1.69. The summed E-state index contributed by atoms with van der Waals surface area (Å²) in [5, 5.41) is 0. The van der Waals surface area contributed by atoms with Crippen molar-refractivity contribution in [2.45, 2.75) is 38.8 Å². The first-order valence-electron chi connectivity index (χ1n) is 10.5. The summed E-state index contributed by atoms with van der Waals surface area (Å²) in [4.78, 5) is 54.6. The van der Waals surface area contributed by atoms with E-state index >= 15 is 0 Å². The zero-order valence-corrected chi connectivity index (χ0v) is 17.6. The molecule has 1 atom stereocenters. The van der Waals surface area contributed by atoms with Crippen LogP contribution in [0.2, 0.25) is 0 Å². The third-order valence-electron chi connectivity index (χ3n) is 6.04. The Hall–Kier alpha value is -3.48. The fourth-order valence-electron chi connectivity index (χ4n) is 4.43. The van der Waals surface area contributed by atoms with Gasteiger partial charge in [0.2, 0.25) is 11.6 Å². The molecule has 0 N–H and O–H groups in total. The molecule has 2 heterocycles. The summed E-state index contributed by atoms with van der Waals surface area (Å²) in [6.45, 7) is 3.54. The molecule has 4 rings (SSSR count). The molecule has 160 valence electrons. The highest BCUT2D eigenvalue weighted by Gasteiger charge is 2.61. The van der Waals surface area contributed by atoms with E-state index in [0.717, 1.165) is 12.0 Å². The van der Waals surface area contributed by atoms with Crippen molar-refractivity contribution in [2.24, 2.45) is 0 Å². The monoisotopic (exact) mass is 420 g/mol. The van der Waals surface area contributed by atoms with Crippen LogP contribution < -0.4 is 4.90 Å². The highest BCUT2D eigenvalue weighted by atomic mass is 16.5. The largest absolute Gasteiger partial charge is 0.454 e. The molecule has 31 heavy (non-hydrogen) atoms. The van der Waals surface area contributed by atoms with Crippen LogP contribution in [0.25, 0.3) is 0 Å². The number of Topliss-reactive ketones (excluding diaryl/α,β-unsaturated/α-hetero) is 1. The molecule has 0 saturated carbocycles. The van der Waals surface area contributed by atoms with Crippen LogP contribution in [0.4, 0.5) is 5.69 Å². The molecule has 1 saturated heterocycles. The van der Waals surface area contributed by atoms with Gasteiger partial charge in [0.25, 0.3) is 5.91 Å². The van der Waals surface area contributed by atoms with Crippen molar-refractivity contribution >= 4 is 29.3 Å². The van der Waals surface area contributed by atoms with Crippen molar-refractivity contribution in [1.29, 1.82) is 0 Å². The summed E-state index contributed by atoms with van der Waals surface area (Å²) in [6, 6.07) is 13.9. The van der Waals surface area contributed by atoms with Crippen molar-refractivity contribution < 1.29 is 23.9 Å². The number of carbonyl (C=O) groups excluding carboxylic acids is 4. The number of ketones is 1. The molecule has 0 aliphatic carbocycles. The van der Waals surface area contributed by atoms with Crippen molar-refractivity contribution in [1.82, 2.24) is 4.90 Å². The molecule has 2 amide bonds. The first kappa shape index (κ1) is 20.8. The van der Waals surface area contributed by atoms with E-state index in [2.05, 4.69) is 0 Å². The molecule has 0 unspecified atom stereocenters. The SMILES string of the molecule is CCc1ccc(C(=O)COC(=O)[C@]23CCC(=O)N2c2ccccc2C(=O)N3CC)cc1. The van der Waals surface area contributed by atoms with Crippen LogP contribution in [0, 0.1) is 0 Å². The lowest BCUT2D eigenvalue weighted by atomic mass is 9.96. The maximum Gasteiger partial charge on any atom is 0.354 e. The normalized spacial score (nSPS) is 19.8. The second-order valence-corrected chi connectivity index (χ2v) is 7.66. The van der Waals surface area contributed by atoms with Crippen molar-refractivity contribution in [3.63, 3.8) is 0 Å². The first-order valence-corrected chi connectivity index (χ1v) is 10.5. The van der Waals surface area contributed by atoms with Gasteiger partial charge >= 0.3 is 5.97 Å². The summed E-state index contributed by atoms with van der Waals surface area (Å²) in [5.41, 5.74) is 0.752. The Labute approximate surface area is 180 Å². The summed E-state index contributed by atoms with van der Waals surface area (Å²) < 4.78 is 5.43. The number of amides is 2. The van der Waals surface area contributed by atoms with Gasteiger partial charge in [-0.05, 0) is 31.0 Å². The van der Waals surface area contributed by atoms with Gasteiger partial charge in [0.05, 0.1) is 11.3 Å². The summed E-state index contributed by atoms with van der Waals surface area (Å²) in [6.07, 6.45) is 1.09. The molecule has 1 fully saturated rings. The standard InChI is InChI=1S/C24H24N2O5/c1-3-16-9-11-17(12-10-16)20(27)15-31-23(30)24-14-13-21(28)26(24)19-8-6-5-7-18(19)22(29)25(24)4-2/h5-12H,3-4,13-15H2,1-2H3/t24-/m0/s1. The quantitative estimate of drug-likeness (QED) is 0.530. The predicted octanol–water partition coefficient (Wildman–Crippen LogP) is 2.97. The molecule has 2 aliphatic heterocycles. The van der Waals surface area contributed by atoms with E-state index in [1.807, 2.05) is 19.1 Å². The molecule has 0 bridgehead atoms. The Kier molecular flexibility index (Phi) is 5.35. The summed E-state index contributed by atoms with van der Waals surface area (Å²) in [7, 11) is 0. The molecule has 0 radical (unpaired) electrons. The number of fused-ring (bicyclic) bond motifs is 3. The number of anilines is 1. The van der Waals surface area contributed by atoms with E-state index in [0.29, 0.717) is 16.8 Å². The highest BCUT2D eigenvalue weighted by molar-refractivity contribution is 6.15. The van der Waals surface area contributed by atoms with Crippen molar-refractivity contribution in [2.75, 3.05) is 18.1 Å². The number of hydrogen-bond donors (Lipinski definition) is 0. The van der Waals surface area contributed by atoms with Crippen LogP contribution in [0.5, 0.6) is 0 Å². The fourth-order valence-corrected chi connectivity index (χ4v) is 4.43. The van der Waals surface area contributed by atoms with Crippen LogP contribution >= 0.6 is 0 Å². The van der Waals surface area contributed by atoms with E-state index in [-0.39, 0.29) is 37.0 Å². The summed E-state index contributed by atoms with van der Waals surface area (Å²) >= 11 is 0. The highest BCUT2D eigenvalue weighted by Crippen LogP contribution is 2.44. The first-order chi connectivity index (χ1) is 14.9. The van der Waals surface area contributed by atoms with Crippen LogP contribution in [0.1, 0.15) is 53.0 Å². The lowest BCUT2D eigenvalue weighted by Crippen LogP contribution is -2.68. The molecule has 0 spiro atoms. The number of carbonyl (C=O) groups is 4. The lowest BCUT2D eigenvalue weighted by Gasteiger charge is -2.47. The number of aryl methyl sites for hydroxylation is 1. The van der Waals surface area contributed by atoms with Gasteiger partial charge in [0, 0.05) is 24.9 Å². The molecule has 7 nitrogen and oxygen atoms in total. The van der Waals surface area contributed by atoms with E-state index in [9.17, 15) is 19.2 Å². The number of ether oxygens (including phenoxy) is 1. The zero-order valence-electron chi connectivity index (χ0n) is 17.6. The van der Waals surface area contributed by atoms with Crippen LogP contribution in [0.15, 0.2) is 48.5 Å². The molecule has 2 aromatic rings. The Morgan fingerprint density at radius 2 is 1.74 bits per heavy atom. The van der Waals surface area contributed by atoms with Crippen molar-refractivity contribution in [3.8, 4) is 0 Å². The second-order valence-electron chi connectivity index (χ2n) is 7.66. The van der Waals surface area contributed by atoms with Crippen molar-refractivity contribution in [3.05, 3.63) is 65.2 Å². The maximum atomic E-state index is 13.3. The minimum absolute atomic E-state index is 0.111. The number of likely N-dealkylation sites (N-methyl/N-ethyl adjacent to an activating group) is 1. The minimum atomic E-state index is -1.57. The van der Waals surface area contributed by atoms with Gasteiger partial charge in [-0.25, -0.2) is 4.79 Å². The molecule has 0 aromatic heterocycles. The van der Waals surface area contributed by atoms with Gasteiger partial charge in [0.1, 0.15) is 0 Å². The molecule has 7 heteroatoms. The Morgan fingerprint density at radius 1 is 1.03 bits per heavy atom. The van der Waals surface area contributed by atoms with Crippen LogP contribution in [-0.2, 0) is 20.7 Å². The topological polar surface area (TPSA) is 84.0 Å². The number of hydrogen-bond acceptors (Lipinski definition) is 5. The lowest BCUT2D eigenvalue weighted by molar-refractivity contribution is -0.156. The van der Waals surface area contributed by atoms with E-state index in [1.54, 1.807) is 43.3 Å². The van der Waals surface area contributed by atoms with E-state index in [1.165, 1.54) is 9.80 Å². The molecule has 2 aromatic carbocycles.